The van der Waals surface area contributed by atoms with Crippen molar-refractivity contribution in [3.8, 4) is 0 Å². The quantitative estimate of drug-likeness (QED) is 0.877. The summed E-state index contributed by atoms with van der Waals surface area (Å²) in [6, 6.07) is 7.29. The molecule has 0 spiro atoms. The van der Waals surface area contributed by atoms with Crippen LogP contribution in [0.15, 0.2) is 30.3 Å². The van der Waals surface area contributed by atoms with Crippen LogP contribution < -0.4 is 5.32 Å². The first-order chi connectivity index (χ1) is 10.0. The van der Waals surface area contributed by atoms with E-state index in [9.17, 15) is 9.59 Å². The lowest BCUT2D eigenvalue weighted by molar-refractivity contribution is 0.0602. The number of carbonyl (C=O) groups excluding carboxylic acids is 2. The SMILES string of the molecule is COC(=O)c1cc(Cl)ccc1NC(=O)c1ccc(Cl)nn1. The van der Waals surface area contributed by atoms with Gasteiger partial charge in [-0.1, -0.05) is 23.2 Å². The van der Waals surface area contributed by atoms with Crippen molar-refractivity contribution in [1.29, 1.82) is 0 Å². The molecule has 1 aromatic heterocycles. The molecule has 0 saturated carbocycles. The molecule has 0 aliphatic carbocycles. The Kier molecular flexibility index (Phi) is 4.72. The van der Waals surface area contributed by atoms with Crippen LogP contribution in [0.4, 0.5) is 5.69 Å². The fourth-order valence-electron chi connectivity index (χ4n) is 1.53. The van der Waals surface area contributed by atoms with Gasteiger partial charge in [0.15, 0.2) is 10.8 Å². The predicted molar refractivity (Wildman–Crippen MR) is 77.8 cm³/mol. The molecule has 1 amide bonds. The number of esters is 1. The number of halogens is 2. The van der Waals surface area contributed by atoms with Crippen LogP contribution in [0.5, 0.6) is 0 Å². The van der Waals surface area contributed by atoms with Gasteiger partial charge in [-0.3, -0.25) is 4.79 Å². The third-order valence-corrected chi connectivity index (χ3v) is 2.94. The maximum Gasteiger partial charge on any atom is 0.340 e. The Morgan fingerprint density at radius 2 is 1.90 bits per heavy atom. The number of hydrogen-bond acceptors (Lipinski definition) is 5. The fourth-order valence-corrected chi connectivity index (χ4v) is 1.80. The highest BCUT2D eigenvalue weighted by Gasteiger charge is 2.16. The van der Waals surface area contributed by atoms with E-state index in [4.69, 9.17) is 23.2 Å². The zero-order valence-corrected chi connectivity index (χ0v) is 12.3. The van der Waals surface area contributed by atoms with Gasteiger partial charge in [-0.25, -0.2) is 4.79 Å². The van der Waals surface area contributed by atoms with Gasteiger partial charge in [-0.15, -0.1) is 10.2 Å². The predicted octanol–water partition coefficient (Wildman–Crippen LogP) is 2.82. The average Bonchev–Trinajstić information content (AvgIpc) is 2.48. The van der Waals surface area contributed by atoms with Crippen molar-refractivity contribution in [2.75, 3.05) is 12.4 Å². The summed E-state index contributed by atoms with van der Waals surface area (Å²) in [5.41, 5.74) is 0.457. The van der Waals surface area contributed by atoms with E-state index in [-0.39, 0.29) is 22.1 Å². The lowest BCUT2D eigenvalue weighted by Crippen LogP contribution is -2.17. The summed E-state index contributed by atoms with van der Waals surface area (Å²) in [4.78, 5) is 23.7. The molecular weight excluding hydrogens is 317 g/mol. The number of nitrogens with one attached hydrogen (secondary N) is 1. The van der Waals surface area contributed by atoms with Gasteiger partial charge in [-0.2, -0.15) is 0 Å². The van der Waals surface area contributed by atoms with Gasteiger partial charge in [-0.05, 0) is 30.3 Å². The Morgan fingerprint density at radius 3 is 2.52 bits per heavy atom. The van der Waals surface area contributed by atoms with Crippen molar-refractivity contribution in [3.05, 3.63) is 51.8 Å². The van der Waals surface area contributed by atoms with E-state index in [1.807, 2.05) is 0 Å². The molecule has 1 heterocycles. The highest BCUT2D eigenvalue weighted by atomic mass is 35.5. The number of hydrogen-bond donors (Lipinski definition) is 1. The lowest BCUT2D eigenvalue weighted by atomic mass is 10.1. The number of anilines is 1. The fraction of sp³-hybridized carbons (Fsp3) is 0.0769. The van der Waals surface area contributed by atoms with Crippen molar-refractivity contribution >= 4 is 40.8 Å². The van der Waals surface area contributed by atoms with Crippen molar-refractivity contribution < 1.29 is 14.3 Å². The van der Waals surface area contributed by atoms with Gasteiger partial charge in [0.2, 0.25) is 0 Å². The highest BCUT2D eigenvalue weighted by molar-refractivity contribution is 6.31. The summed E-state index contributed by atoms with van der Waals surface area (Å²) in [5, 5.41) is 10.3. The second-order valence-corrected chi connectivity index (χ2v) is 4.70. The van der Waals surface area contributed by atoms with E-state index in [0.717, 1.165) is 0 Å². The van der Waals surface area contributed by atoms with Crippen molar-refractivity contribution in [2.24, 2.45) is 0 Å². The van der Waals surface area contributed by atoms with E-state index >= 15 is 0 Å². The van der Waals surface area contributed by atoms with Gasteiger partial charge >= 0.3 is 5.97 Å². The van der Waals surface area contributed by atoms with Crippen LogP contribution in [0.25, 0.3) is 0 Å². The number of amides is 1. The number of rotatable bonds is 3. The minimum absolute atomic E-state index is 0.0603. The number of benzene rings is 1. The van der Waals surface area contributed by atoms with Crippen LogP contribution in [-0.4, -0.2) is 29.2 Å². The van der Waals surface area contributed by atoms with Crippen LogP contribution in [0.2, 0.25) is 10.2 Å². The Hall–Kier alpha value is -2.18. The monoisotopic (exact) mass is 325 g/mol. The largest absolute Gasteiger partial charge is 0.465 e. The van der Waals surface area contributed by atoms with E-state index < -0.39 is 11.9 Å². The summed E-state index contributed by atoms with van der Waals surface area (Å²) in [6.07, 6.45) is 0. The van der Waals surface area contributed by atoms with E-state index in [1.54, 1.807) is 0 Å². The summed E-state index contributed by atoms with van der Waals surface area (Å²) < 4.78 is 4.64. The molecule has 2 rings (SSSR count). The second kappa shape index (κ2) is 6.51. The van der Waals surface area contributed by atoms with Crippen LogP contribution in [-0.2, 0) is 4.74 Å². The molecule has 6 nitrogen and oxygen atoms in total. The van der Waals surface area contributed by atoms with E-state index in [1.165, 1.54) is 37.4 Å². The smallest absolute Gasteiger partial charge is 0.340 e. The van der Waals surface area contributed by atoms with Crippen LogP contribution >= 0.6 is 23.2 Å². The summed E-state index contributed by atoms with van der Waals surface area (Å²) in [5.74, 6) is -1.15. The van der Waals surface area contributed by atoms with Crippen molar-refractivity contribution in [3.63, 3.8) is 0 Å². The van der Waals surface area contributed by atoms with Crippen molar-refractivity contribution in [2.45, 2.75) is 0 Å². The van der Waals surface area contributed by atoms with Crippen LogP contribution in [0.1, 0.15) is 20.8 Å². The van der Waals surface area contributed by atoms with Gasteiger partial charge in [0.25, 0.3) is 5.91 Å². The van der Waals surface area contributed by atoms with Crippen LogP contribution in [0, 0.1) is 0 Å². The Bertz CT molecular complexity index is 690. The minimum atomic E-state index is -0.616. The Morgan fingerprint density at radius 1 is 1.14 bits per heavy atom. The molecule has 0 saturated heterocycles. The third kappa shape index (κ3) is 3.68. The lowest BCUT2D eigenvalue weighted by Gasteiger charge is -2.09. The summed E-state index contributed by atoms with van der Waals surface area (Å²) in [7, 11) is 1.24. The minimum Gasteiger partial charge on any atom is -0.465 e. The molecule has 108 valence electrons. The molecule has 1 aromatic carbocycles. The van der Waals surface area contributed by atoms with Gasteiger partial charge in [0, 0.05) is 5.02 Å². The molecule has 0 radical (unpaired) electrons. The van der Waals surface area contributed by atoms with E-state index in [0.29, 0.717) is 5.02 Å². The van der Waals surface area contributed by atoms with E-state index in [2.05, 4.69) is 20.3 Å². The zero-order valence-electron chi connectivity index (χ0n) is 10.8. The van der Waals surface area contributed by atoms with Crippen molar-refractivity contribution in [1.82, 2.24) is 10.2 Å². The molecule has 8 heteroatoms. The molecule has 0 fully saturated rings. The molecular formula is C13H9Cl2N3O3. The van der Waals surface area contributed by atoms with Gasteiger partial charge < -0.3 is 10.1 Å². The van der Waals surface area contributed by atoms with Gasteiger partial charge in [0.05, 0.1) is 18.4 Å². The number of aromatic nitrogens is 2. The molecule has 0 aliphatic rings. The molecule has 1 N–H and O–H groups in total. The molecule has 0 unspecified atom stereocenters. The molecule has 0 bridgehead atoms. The average molecular weight is 326 g/mol. The zero-order chi connectivity index (χ0) is 15.4. The first kappa shape index (κ1) is 15.2. The Balaban J connectivity index is 2.28. The number of ether oxygens (including phenoxy) is 1. The first-order valence-corrected chi connectivity index (χ1v) is 6.45. The number of carbonyl (C=O) groups is 2. The van der Waals surface area contributed by atoms with Gasteiger partial charge in [0.1, 0.15) is 0 Å². The normalized spacial score (nSPS) is 10.0. The number of methoxy groups -OCH3 is 1. The second-order valence-electron chi connectivity index (χ2n) is 3.88. The Labute approximate surface area is 130 Å². The third-order valence-electron chi connectivity index (χ3n) is 2.50. The maximum atomic E-state index is 12.0. The maximum absolute atomic E-state index is 12.0. The number of nitrogens with zero attached hydrogens (tertiary/aromatic N) is 2. The molecule has 2 aromatic rings. The summed E-state index contributed by atoms with van der Waals surface area (Å²) in [6.45, 7) is 0. The standard InChI is InChI=1S/C13H9Cl2N3O3/c1-21-13(20)8-6-7(14)2-3-9(8)16-12(19)10-4-5-11(15)18-17-10/h2-6H,1H3,(H,16,19). The molecule has 0 atom stereocenters. The van der Waals surface area contributed by atoms with Crippen LogP contribution in [0.3, 0.4) is 0 Å². The summed E-state index contributed by atoms with van der Waals surface area (Å²) >= 11 is 11.4. The highest BCUT2D eigenvalue weighted by Crippen LogP contribution is 2.22. The molecule has 21 heavy (non-hydrogen) atoms. The molecule has 0 aliphatic heterocycles. The first-order valence-electron chi connectivity index (χ1n) is 5.69. The topological polar surface area (TPSA) is 81.2 Å².